The number of para-hydroxylation sites is 1. The van der Waals surface area contributed by atoms with E-state index in [-0.39, 0.29) is 11.6 Å². The van der Waals surface area contributed by atoms with Crippen LogP contribution in [0.25, 0.3) is 0 Å². The Morgan fingerprint density at radius 1 is 1.00 bits per heavy atom. The van der Waals surface area contributed by atoms with E-state index < -0.39 is 0 Å². The molecule has 0 aliphatic rings. The Kier molecular flexibility index (Phi) is 5.12. The summed E-state index contributed by atoms with van der Waals surface area (Å²) in [7, 11) is 1.57. The Bertz CT molecular complexity index is 926. The number of rotatable bonds is 5. The Balaban J connectivity index is 1.85. The van der Waals surface area contributed by atoms with Crippen LogP contribution in [0.4, 0.5) is 17.2 Å². The number of hydrogen-bond donors (Lipinski definition) is 2. The smallest absolute Gasteiger partial charge is 0.274 e. The highest BCUT2D eigenvalue weighted by molar-refractivity contribution is 6.04. The van der Waals surface area contributed by atoms with E-state index in [2.05, 4.69) is 20.6 Å². The summed E-state index contributed by atoms with van der Waals surface area (Å²) in [5.74, 6) is 1.34. The zero-order valence-corrected chi connectivity index (χ0v) is 14.9. The predicted octanol–water partition coefficient (Wildman–Crippen LogP) is 4.10. The van der Waals surface area contributed by atoms with Crippen LogP contribution in [0.3, 0.4) is 0 Å². The van der Waals surface area contributed by atoms with Crippen molar-refractivity contribution in [3.63, 3.8) is 0 Å². The van der Waals surface area contributed by atoms with Crippen molar-refractivity contribution in [1.82, 2.24) is 9.97 Å². The first kappa shape index (κ1) is 17.4. The molecule has 6 heteroatoms. The van der Waals surface area contributed by atoms with Gasteiger partial charge < -0.3 is 15.4 Å². The number of methoxy groups -OCH3 is 1. The molecule has 3 aromatic rings. The van der Waals surface area contributed by atoms with Gasteiger partial charge in [0.25, 0.3) is 5.91 Å². The van der Waals surface area contributed by atoms with Crippen LogP contribution in [-0.4, -0.2) is 23.0 Å². The third-order valence-electron chi connectivity index (χ3n) is 3.72. The van der Waals surface area contributed by atoms with Crippen LogP contribution in [0.2, 0.25) is 0 Å². The van der Waals surface area contributed by atoms with Crippen molar-refractivity contribution < 1.29 is 9.53 Å². The molecule has 0 saturated carbocycles. The summed E-state index contributed by atoms with van der Waals surface area (Å²) in [6.07, 6.45) is 0. The van der Waals surface area contributed by atoms with E-state index in [1.54, 1.807) is 20.1 Å². The van der Waals surface area contributed by atoms with Gasteiger partial charge in [-0.25, -0.2) is 9.97 Å². The molecular formula is C20H20N4O2. The number of carbonyl (C=O) groups is 1. The summed E-state index contributed by atoms with van der Waals surface area (Å²) in [6.45, 7) is 3.70. The Morgan fingerprint density at radius 2 is 1.77 bits per heavy atom. The lowest BCUT2D eigenvalue weighted by molar-refractivity contribution is 0.102. The third kappa shape index (κ3) is 4.16. The van der Waals surface area contributed by atoms with E-state index in [4.69, 9.17) is 4.74 Å². The quantitative estimate of drug-likeness (QED) is 0.726. The number of anilines is 3. The van der Waals surface area contributed by atoms with Gasteiger partial charge in [0.1, 0.15) is 23.1 Å². The van der Waals surface area contributed by atoms with Crippen molar-refractivity contribution in [3.8, 4) is 5.75 Å². The SMILES string of the molecule is COc1ccc(C)cc1NC(=O)c1cc(Nc2ccccc2)nc(C)n1. The second-order valence-corrected chi connectivity index (χ2v) is 5.83. The number of benzene rings is 2. The van der Waals surface area contributed by atoms with Crippen LogP contribution in [0.1, 0.15) is 21.9 Å². The summed E-state index contributed by atoms with van der Waals surface area (Å²) in [6, 6.07) is 16.9. The molecule has 26 heavy (non-hydrogen) atoms. The lowest BCUT2D eigenvalue weighted by Crippen LogP contribution is -2.16. The second kappa shape index (κ2) is 7.65. The van der Waals surface area contributed by atoms with Crippen LogP contribution in [-0.2, 0) is 0 Å². The minimum absolute atomic E-state index is 0.277. The molecular weight excluding hydrogens is 328 g/mol. The Labute approximate surface area is 152 Å². The monoisotopic (exact) mass is 348 g/mol. The molecule has 1 aromatic heterocycles. The highest BCUT2D eigenvalue weighted by atomic mass is 16.5. The van der Waals surface area contributed by atoms with Crippen LogP contribution in [0, 0.1) is 13.8 Å². The average Bonchev–Trinajstić information content (AvgIpc) is 2.62. The van der Waals surface area contributed by atoms with Gasteiger partial charge in [-0.05, 0) is 43.7 Å². The number of nitrogens with one attached hydrogen (secondary N) is 2. The fourth-order valence-corrected chi connectivity index (χ4v) is 2.52. The van der Waals surface area contributed by atoms with E-state index in [9.17, 15) is 4.79 Å². The van der Waals surface area contributed by atoms with Crippen molar-refractivity contribution in [3.05, 3.63) is 71.7 Å². The number of aromatic nitrogens is 2. The van der Waals surface area contributed by atoms with Crippen LogP contribution in [0.5, 0.6) is 5.75 Å². The maximum absolute atomic E-state index is 12.7. The number of hydrogen-bond acceptors (Lipinski definition) is 5. The topological polar surface area (TPSA) is 76.1 Å². The first-order chi connectivity index (χ1) is 12.5. The summed E-state index contributed by atoms with van der Waals surface area (Å²) in [4.78, 5) is 21.3. The Hall–Kier alpha value is -3.41. The molecule has 1 amide bonds. The lowest BCUT2D eigenvalue weighted by Gasteiger charge is -2.12. The maximum atomic E-state index is 12.7. The van der Waals surface area contributed by atoms with Gasteiger partial charge in [0.2, 0.25) is 0 Å². The average molecular weight is 348 g/mol. The molecule has 0 aliphatic carbocycles. The number of carbonyl (C=O) groups excluding carboxylic acids is 1. The number of nitrogens with zero attached hydrogens (tertiary/aromatic N) is 2. The highest BCUT2D eigenvalue weighted by Gasteiger charge is 2.13. The van der Waals surface area contributed by atoms with Crippen molar-refractivity contribution in [1.29, 1.82) is 0 Å². The van der Waals surface area contributed by atoms with Crippen LogP contribution >= 0.6 is 0 Å². The fraction of sp³-hybridized carbons (Fsp3) is 0.150. The van der Waals surface area contributed by atoms with Gasteiger partial charge in [0, 0.05) is 11.8 Å². The first-order valence-corrected chi connectivity index (χ1v) is 8.19. The van der Waals surface area contributed by atoms with E-state index in [1.165, 1.54) is 0 Å². The van der Waals surface area contributed by atoms with E-state index in [0.717, 1.165) is 11.3 Å². The van der Waals surface area contributed by atoms with E-state index in [0.29, 0.717) is 23.1 Å². The molecule has 0 bridgehead atoms. The van der Waals surface area contributed by atoms with Crippen molar-refractivity contribution in [2.24, 2.45) is 0 Å². The molecule has 2 aromatic carbocycles. The van der Waals surface area contributed by atoms with Gasteiger partial charge in [-0.1, -0.05) is 24.3 Å². The molecule has 0 spiro atoms. The summed E-state index contributed by atoms with van der Waals surface area (Å²) in [5, 5.41) is 6.03. The van der Waals surface area contributed by atoms with Crippen molar-refractivity contribution in [2.45, 2.75) is 13.8 Å². The van der Waals surface area contributed by atoms with Gasteiger partial charge in [-0.3, -0.25) is 4.79 Å². The van der Waals surface area contributed by atoms with Gasteiger partial charge in [0.15, 0.2) is 0 Å². The van der Waals surface area contributed by atoms with Crippen LogP contribution in [0.15, 0.2) is 54.6 Å². The fourth-order valence-electron chi connectivity index (χ4n) is 2.52. The molecule has 132 valence electrons. The largest absolute Gasteiger partial charge is 0.495 e. The zero-order chi connectivity index (χ0) is 18.5. The minimum atomic E-state index is -0.324. The number of aryl methyl sites for hydroxylation is 2. The molecule has 0 unspecified atom stereocenters. The second-order valence-electron chi connectivity index (χ2n) is 5.83. The third-order valence-corrected chi connectivity index (χ3v) is 3.72. The van der Waals surface area contributed by atoms with Gasteiger partial charge in [0.05, 0.1) is 12.8 Å². The molecule has 0 radical (unpaired) electrons. The molecule has 1 heterocycles. The normalized spacial score (nSPS) is 10.3. The maximum Gasteiger partial charge on any atom is 0.274 e. The van der Waals surface area contributed by atoms with Gasteiger partial charge in [-0.15, -0.1) is 0 Å². The summed E-state index contributed by atoms with van der Waals surface area (Å²) in [5.41, 5.74) is 2.79. The molecule has 0 fully saturated rings. The molecule has 0 saturated heterocycles. The van der Waals surface area contributed by atoms with Gasteiger partial charge >= 0.3 is 0 Å². The zero-order valence-electron chi connectivity index (χ0n) is 14.9. The highest BCUT2D eigenvalue weighted by Crippen LogP contribution is 2.26. The Morgan fingerprint density at radius 3 is 2.50 bits per heavy atom. The lowest BCUT2D eigenvalue weighted by atomic mass is 10.2. The van der Waals surface area contributed by atoms with Crippen LogP contribution < -0.4 is 15.4 Å². The van der Waals surface area contributed by atoms with Gasteiger partial charge in [-0.2, -0.15) is 0 Å². The van der Waals surface area contributed by atoms with E-state index >= 15 is 0 Å². The summed E-state index contributed by atoms with van der Waals surface area (Å²) >= 11 is 0. The standard InChI is InChI=1S/C20H20N4O2/c1-13-9-10-18(26-3)16(11-13)24-20(25)17-12-19(22-14(2)21-17)23-15-7-5-4-6-8-15/h4-12H,1-3H3,(H,24,25)(H,21,22,23). The molecule has 0 atom stereocenters. The van der Waals surface area contributed by atoms with Crippen molar-refractivity contribution in [2.75, 3.05) is 17.7 Å². The van der Waals surface area contributed by atoms with Crippen molar-refractivity contribution >= 4 is 23.1 Å². The molecule has 0 aliphatic heterocycles. The number of amides is 1. The predicted molar refractivity (Wildman–Crippen MR) is 102 cm³/mol. The van der Waals surface area contributed by atoms with E-state index in [1.807, 2.05) is 55.5 Å². The molecule has 3 rings (SSSR count). The minimum Gasteiger partial charge on any atom is -0.495 e. The first-order valence-electron chi connectivity index (χ1n) is 8.19. The molecule has 2 N–H and O–H groups in total. The molecule has 6 nitrogen and oxygen atoms in total. The number of ether oxygens (including phenoxy) is 1. The summed E-state index contributed by atoms with van der Waals surface area (Å²) < 4.78 is 5.30.